The van der Waals surface area contributed by atoms with Crippen LogP contribution >= 0.6 is 17.0 Å². The Morgan fingerprint density at radius 3 is 2.57 bits per heavy atom. The third-order valence-electron chi connectivity index (χ3n) is 2.14. The fourth-order valence-electron chi connectivity index (χ4n) is 1.61. The Labute approximate surface area is 93.7 Å². The number of imidazole rings is 1. The molecule has 2 aromatic rings. The number of hydrogen-bond donors (Lipinski definition) is 1. The summed E-state index contributed by atoms with van der Waals surface area (Å²) in [4.78, 5) is 4.28. The molecule has 0 atom stereocenters. The Morgan fingerprint density at radius 2 is 1.93 bits per heavy atom. The SMILES string of the molecule is Br.CC(C)n1c(N)nc2ccccc21. The molecule has 4 heteroatoms. The standard InChI is InChI=1S/C10H13N3.BrH/c1-7(2)13-9-6-4-3-5-8(9)12-10(13)11;/h3-7H,1-2H3,(H2,11,12);1H. The van der Waals surface area contributed by atoms with E-state index in [1.165, 1.54) is 0 Å². The summed E-state index contributed by atoms with van der Waals surface area (Å²) in [5, 5.41) is 0. The lowest BCUT2D eigenvalue weighted by Gasteiger charge is -2.09. The highest BCUT2D eigenvalue weighted by Gasteiger charge is 2.08. The number of anilines is 1. The van der Waals surface area contributed by atoms with Crippen molar-refractivity contribution in [3.05, 3.63) is 24.3 Å². The summed E-state index contributed by atoms with van der Waals surface area (Å²) >= 11 is 0. The molecule has 0 amide bonds. The maximum Gasteiger partial charge on any atom is 0.201 e. The predicted octanol–water partition coefficient (Wildman–Crippen LogP) is 2.78. The molecule has 1 heterocycles. The first-order valence-electron chi connectivity index (χ1n) is 4.42. The van der Waals surface area contributed by atoms with E-state index in [0.717, 1.165) is 11.0 Å². The van der Waals surface area contributed by atoms with E-state index in [1.807, 2.05) is 28.8 Å². The van der Waals surface area contributed by atoms with Crippen LogP contribution in [0, 0.1) is 0 Å². The van der Waals surface area contributed by atoms with Crippen LogP contribution < -0.4 is 5.73 Å². The Morgan fingerprint density at radius 1 is 1.29 bits per heavy atom. The van der Waals surface area contributed by atoms with Gasteiger partial charge in [0.1, 0.15) is 0 Å². The fourth-order valence-corrected chi connectivity index (χ4v) is 1.61. The van der Waals surface area contributed by atoms with Crippen LogP contribution in [0.25, 0.3) is 11.0 Å². The fraction of sp³-hybridized carbons (Fsp3) is 0.300. The summed E-state index contributed by atoms with van der Waals surface area (Å²) in [6, 6.07) is 8.35. The average Bonchev–Trinajstić information content (AvgIpc) is 2.39. The number of benzene rings is 1. The minimum atomic E-state index is 0. The molecule has 0 aliphatic rings. The van der Waals surface area contributed by atoms with Gasteiger partial charge in [-0.25, -0.2) is 4.98 Å². The second-order valence-corrected chi connectivity index (χ2v) is 3.42. The van der Waals surface area contributed by atoms with Gasteiger partial charge >= 0.3 is 0 Å². The number of aromatic nitrogens is 2. The molecular formula is C10H14BrN3. The van der Waals surface area contributed by atoms with Gasteiger partial charge in [0.25, 0.3) is 0 Å². The molecular weight excluding hydrogens is 242 g/mol. The van der Waals surface area contributed by atoms with E-state index < -0.39 is 0 Å². The number of para-hydroxylation sites is 2. The Kier molecular flexibility index (Phi) is 3.16. The van der Waals surface area contributed by atoms with Crippen LogP contribution in [-0.4, -0.2) is 9.55 Å². The lowest BCUT2D eigenvalue weighted by Crippen LogP contribution is -2.05. The number of hydrogen-bond acceptors (Lipinski definition) is 2. The smallest absolute Gasteiger partial charge is 0.201 e. The Hall–Kier alpha value is -1.03. The van der Waals surface area contributed by atoms with Gasteiger partial charge in [-0.3, -0.25) is 0 Å². The van der Waals surface area contributed by atoms with E-state index in [4.69, 9.17) is 5.73 Å². The molecule has 2 rings (SSSR count). The van der Waals surface area contributed by atoms with Gasteiger partial charge in [0.05, 0.1) is 11.0 Å². The quantitative estimate of drug-likeness (QED) is 0.852. The van der Waals surface area contributed by atoms with E-state index in [2.05, 4.69) is 18.8 Å². The summed E-state index contributed by atoms with van der Waals surface area (Å²) < 4.78 is 2.04. The predicted molar refractivity (Wildman–Crippen MR) is 64.9 cm³/mol. The van der Waals surface area contributed by atoms with Crippen molar-refractivity contribution >= 4 is 34.0 Å². The first kappa shape index (κ1) is 11.0. The molecule has 0 aliphatic carbocycles. The molecule has 1 aromatic carbocycles. The second kappa shape index (κ2) is 4.00. The van der Waals surface area contributed by atoms with Gasteiger partial charge in [0.2, 0.25) is 5.95 Å². The topological polar surface area (TPSA) is 43.8 Å². The van der Waals surface area contributed by atoms with E-state index in [9.17, 15) is 0 Å². The van der Waals surface area contributed by atoms with Crippen molar-refractivity contribution in [2.45, 2.75) is 19.9 Å². The second-order valence-electron chi connectivity index (χ2n) is 3.42. The minimum Gasteiger partial charge on any atom is -0.369 e. The van der Waals surface area contributed by atoms with Crippen molar-refractivity contribution in [1.82, 2.24) is 9.55 Å². The van der Waals surface area contributed by atoms with Gasteiger partial charge in [-0.1, -0.05) is 12.1 Å². The number of nitrogens with zero attached hydrogens (tertiary/aromatic N) is 2. The van der Waals surface area contributed by atoms with Crippen molar-refractivity contribution in [2.75, 3.05) is 5.73 Å². The normalized spacial score (nSPS) is 10.5. The van der Waals surface area contributed by atoms with Gasteiger partial charge in [0.15, 0.2) is 0 Å². The molecule has 2 N–H and O–H groups in total. The third kappa shape index (κ3) is 1.62. The zero-order chi connectivity index (χ0) is 9.42. The van der Waals surface area contributed by atoms with E-state index in [-0.39, 0.29) is 17.0 Å². The lowest BCUT2D eigenvalue weighted by molar-refractivity contribution is 0.627. The largest absolute Gasteiger partial charge is 0.369 e. The van der Waals surface area contributed by atoms with Crippen molar-refractivity contribution in [3.8, 4) is 0 Å². The minimum absolute atomic E-state index is 0. The Balaban J connectivity index is 0.000000980. The van der Waals surface area contributed by atoms with Crippen LogP contribution in [0.1, 0.15) is 19.9 Å². The summed E-state index contributed by atoms with van der Waals surface area (Å²) in [6.45, 7) is 4.20. The van der Waals surface area contributed by atoms with Crippen LogP contribution in [0.15, 0.2) is 24.3 Å². The molecule has 76 valence electrons. The molecule has 14 heavy (non-hydrogen) atoms. The summed E-state index contributed by atoms with van der Waals surface area (Å²) in [6.07, 6.45) is 0. The van der Waals surface area contributed by atoms with Crippen LogP contribution in [0.5, 0.6) is 0 Å². The number of nitrogens with two attached hydrogens (primary N) is 1. The average molecular weight is 256 g/mol. The van der Waals surface area contributed by atoms with Crippen LogP contribution in [0.2, 0.25) is 0 Å². The highest BCUT2D eigenvalue weighted by Crippen LogP contribution is 2.21. The monoisotopic (exact) mass is 255 g/mol. The van der Waals surface area contributed by atoms with Gasteiger partial charge in [-0.15, -0.1) is 17.0 Å². The van der Waals surface area contributed by atoms with Crippen molar-refractivity contribution in [3.63, 3.8) is 0 Å². The van der Waals surface area contributed by atoms with Crippen molar-refractivity contribution in [1.29, 1.82) is 0 Å². The van der Waals surface area contributed by atoms with Crippen LogP contribution in [0.3, 0.4) is 0 Å². The Bertz CT molecular complexity index is 434. The van der Waals surface area contributed by atoms with Gasteiger partial charge in [0, 0.05) is 6.04 Å². The molecule has 0 radical (unpaired) electrons. The van der Waals surface area contributed by atoms with Crippen molar-refractivity contribution in [2.24, 2.45) is 0 Å². The number of nitrogen functional groups attached to an aromatic ring is 1. The van der Waals surface area contributed by atoms with E-state index in [1.54, 1.807) is 0 Å². The molecule has 0 saturated heterocycles. The molecule has 0 aliphatic heterocycles. The molecule has 0 unspecified atom stereocenters. The third-order valence-corrected chi connectivity index (χ3v) is 2.14. The highest BCUT2D eigenvalue weighted by atomic mass is 79.9. The van der Waals surface area contributed by atoms with E-state index >= 15 is 0 Å². The lowest BCUT2D eigenvalue weighted by atomic mass is 10.3. The molecule has 3 nitrogen and oxygen atoms in total. The van der Waals surface area contributed by atoms with Gasteiger partial charge < -0.3 is 10.3 Å². The van der Waals surface area contributed by atoms with Crippen LogP contribution in [0.4, 0.5) is 5.95 Å². The first-order valence-corrected chi connectivity index (χ1v) is 4.42. The summed E-state index contributed by atoms with van der Waals surface area (Å²) in [7, 11) is 0. The maximum absolute atomic E-state index is 5.81. The van der Waals surface area contributed by atoms with E-state index in [0.29, 0.717) is 12.0 Å². The zero-order valence-electron chi connectivity index (χ0n) is 8.27. The molecule has 0 bridgehead atoms. The highest BCUT2D eigenvalue weighted by molar-refractivity contribution is 8.93. The first-order chi connectivity index (χ1) is 6.20. The van der Waals surface area contributed by atoms with Crippen molar-refractivity contribution < 1.29 is 0 Å². The molecule has 1 aromatic heterocycles. The number of rotatable bonds is 1. The molecule has 0 fully saturated rings. The molecule has 0 saturated carbocycles. The summed E-state index contributed by atoms with van der Waals surface area (Å²) in [5.41, 5.74) is 7.88. The summed E-state index contributed by atoms with van der Waals surface area (Å²) in [5.74, 6) is 0.594. The van der Waals surface area contributed by atoms with Gasteiger partial charge in [-0.2, -0.15) is 0 Å². The number of halogens is 1. The van der Waals surface area contributed by atoms with Crippen LogP contribution in [-0.2, 0) is 0 Å². The maximum atomic E-state index is 5.81. The number of fused-ring (bicyclic) bond motifs is 1. The zero-order valence-corrected chi connectivity index (χ0v) is 9.98. The molecule has 0 spiro atoms. The van der Waals surface area contributed by atoms with Gasteiger partial charge in [-0.05, 0) is 26.0 Å².